The van der Waals surface area contributed by atoms with Gasteiger partial charge in [0.2, 0.25) is 0 Å². The minimum atomic E-state index is -0.416. The average Bonchev–Trinajstić information content (AvgIpc) is 2.56. The maximum Gasteiger partial charge on any atom is 0.182 e. The number of aromatic hydroxyl groups is 1. The number of carbonyl (C=O) groups is 1. The summed E-state index contributed by atoms with van der Waals surface area (Å²) in [6.07, 6.45) is 6.05. The minimum absolute atomic E-state index is 0.0611. The maximum atomic E-state index is 12.0. The molecule has 0 heterocycles. The molecule has 0 amide bonds. The van der Waals surface area contributed by atoms with Crippen molar-refractivity contribution in [3.05, 3.63) is 89.0 Å². The monoisotopic (exact) mass is 340 g/mol. The number of rotatable bonds is 6. The second-order valence-corrected chi connectivity index (χ2v) is 5.50. The highest BCUT2D eigenvalue weighted by Gasteiger charge is 2.10. The summed E-state index contributed by atoms with van der Waals surface area (Å²) in [5.41, 5.74) is 1.53. The minimum Gasteiger partial charge on any atom is -0.507 e. The molecule has 4 heteroatoms. The number of carbonyl (C=O) groups excluding carboxylic acids is 1. The third-order valence-electron chi connectivity index (χ3n) is 3.37. The van der Waals surface area contributed by atoms with E-state index in [4.69, 9.17) is 11.6 Å². The highest BCUT2D eigenvalue weighted by Crippen LogP contribution is 2.28. The van der Waals surface area contributed by atoms with Crippen molar-refractivity contribution >= 4 is 29.2 Å². The Morgan fingerprint density at radius 1 is 1.17 bits per heavy atom. The van der Waals surface area contributed by atoms with Crippen molar-refractivity contribution < 1.29 is 15.0 Å². The van der Waals surface area contributed by atoms with Crippen molar-refractivity contribution in [2.75, 3.05) is 0 Å². The van der Waals surface area contributed by atoms with Gasteiger partial charge in [0.1, 0.15) is 11.5 Å². The van der Waals surface area contributed by atoms with E-state index in [1.54, 1.807) is 48.6 Å². The van der Waals surface area contributed by atoms with Gasteiger partial charge in [0.15, 0.2) is 5.78 Å². The number of hydrogen-bond acceptors (Lipinski definition) is 3. The first-order valence-corrected chi connectivity index (χ1v) is 7.70. The highest BCUT2D eigenvalue weighted by atomic mass is 35.5. The van der Waals surface area contributed by atoms with Crippen molar-refractivity contribution in [3.8, 4) is 5.75 Å². The van der Waals surface area contributed by atoms with E-state index in [0.717, 1.165) is 6.08 Å². The van der Waals surface area contributed by atoms with Crippen LogP contribution in [0.2, 0.25) is 5.02 Å². The van der Waals surface area contributed by atoms with Gasteiger partial charge in [0, 0.05) is 11.1 Å². The molecule has 0 aliphatic carbocycles. The van der Waals surface area contributed by atoms with Crippen LogP contribution in [0.15, 0.2) is 67.3 Å². The number of phenols is 1. The number of aliphatic hydroxyl groups is 1. The van der Waals surface area contributed by atoms with Gasteiger partial charge < -0.3 is 10.2 Å². The maximum absolute atomic E-state index is 12.0. The molecule has 0 fully saturated rings. The third kappa shape index (κ3) is 4.37. The number of para-hydroxylation sites is 1. The first kappa shape index (κ1) is 17.6. The van der Waals surface area contributed by atoms with E-state index in [2.05, 4.69) is 6.58 Å². The molecule has 2 aromatic rings. The van der Waals surface area contributed by atoms with Crippen LogP contribution in [0.3, 0.4) is 0 Å². The van der Waals surface area contributed by atoms with Gasteiger partial charge in [-0.3, -0.25) is 4.79 Å². The molecular formula is C20H17ClO3. The van der Waals surface area contributed by atoms with Crippen molar-refractivity contribution in [3.63, 3.8) is 0 Å². The zero-order chi connectivity index (χ0) is 17.5. The van der Waals surface area contributed by atoms with Gasteiger partial charge in [0.25, 0.3) is 0 Å². The first-order valence-electron chi connectivity index (χ1n) is 7.32. The zero-order valence-corrected chi connectivity index (χ0v) is 13.7. The predicted molar refractivity (Wildman–Crippen MR) is 98.1 cm³/mol. The second kappa shape index (κ2) is 8.18. The fourth-order valence-corrected chi connectivity index (χ4v) is 2.36. The van der Waals surface area contributed by atoms with Crippen LogP contribution in [0.5, 0.6) is 5.75 Å². The number of hydrogen-bond donors (Lipinski definition) is 2. The predicted octanol–water partition coefficient (Wildman–Crippen LogP) is 4.96. The molecule has 0 aliphatic rings. The van der Waals surface area contributed by atoms with E-state index in [0.29, 0.717) is 22.6 Å². The van der Waals surface area contributed by atoms with Crippen LogP contribution in [0.1, 0.15) is 16.7 Å². The summed E-state index contributed by atoms with van der Waals surface area (Å²) in [7, 11) is 0. The lowest BCUT2D eigenvalue weighted by molar-refractivity contribution is -0.110. The van der Waals surface area contributed by atoms with Crippen molar-refractivity contribution in [2.45, 2.75) is 6.42 Å². The number of allylic oxidation sites excluding steroid dienone is 3. The Kier molecular flexibility index (Phi) is 5.99. The Balaban J connectivity index is 2.22. The van der Waals surface area contributed by atoms with E-state index < -0.39 is 5.78 Å². The van der Waals surface area contributed by atoms with Gasteiger partial charge in [-0.1, -0.05) is 48.0 Å². The van der Waals surface area contributed by atoms with Gasteiger partial charge in [0.05, 0.1) is 5.56 Å². The molecule has 2 N–H and O–H groups in total. The molecule has 0 saturated carbocycles. The van der Waals surface area contributed by atoms with Gasteiger partial charge in [-0.2, -0.15) is 0 Å². The Morgan fingerprint density at radius 3 is 2.62 bits per heavy atom. The topological polar surface area (TPSA) is 57.5 Å². The summed E-state index contributed by atoms with van der Waals surface area (Å²) in [6, 6.07) is 12.1. The van der Waals surface area contributed by atoms with Crippen LogP contribution < -0.4 is 0 Å². The molecule has 0 saturated heterocycles. The standard InChI is InChI=1S/C20H17ClO3/c1-2-6-15-8-5-9-17(20(15)24)19(23)13-16(22)12-11-14-7-3-4-10-18(14)21/h2-5,7-13,23-24H,1,6H2/b12-11+,19-13?. The van der Waals surface area contributed by atoms with Crippen LogP contribution in [0.4, 0.5) is 0 Å². The van der Waals surface area contributed by atoms with Gasteiger partial charge in [-0.25, -0.2) is 0 Å². The normalized spacial score (nSPS) is 11.6. The van der Waals surface area contributed by atoms with E-state index in [1.807, 2.05) is 6.07 Å². The first-order chi connectivity index (χ1) is 11.5. The van der Waals surface area contributed by atoms with Crippen LogP contribution in [-0.4, -0.2) is 16.0 Å². The van der Waals surface area contributed by atoms with Crippen LogP contribution in [0, 0.1) is 0 Å². The summed E-state index contributed by atoms with van der Waals surface area (Å²) < 4.78 is 0. The molecular weight excluding hydrogens is 324 g/mol. The summed E-state index contributed by atoms with van der Waals surface area (Å²) in [5, 5.41) is 20.8. The highest BCUT2D eigenvalue weighted by molar-refractivity contribution is 6.32. The van der Waals surface area contributed by atoms with E-state index >= 15 is 0 Å². The number of ketones is 1. The average molecular weight is 341 g/mol. The Hall–Kier alpha value is -2.78. The van der Waals surface area contributed by atoms with Crippen LogP contribution in [-0.2, 0) is 11.2 Å². The molecule has 2 rings (SSSR count). The van der Waals surface area contributed by atoms with Gasteiger partial charge in [-0.15, -0.1) is 6.58 Å². The Morgan fingerprint density at radius 2 is 1.92 bits per heavy atom. The fourth-order valence-electron chi connectivity index (χ4n) is 2.16. The summed E-state index contributed by atoms with van der Waals surface area (Å²) in [6.45, 7) is 3.62. The van der Waals surface area contributed by atoms with Gasteiger partial charge >= 0.3 is 0 Å². The molecule has 0 atom stereocenters. The summed E-state index contributed by atoms with van der Waals surface area (Å²) >= 11 is 6.01. The molecule has 0 aromatic heterocycles. The third-order valence-corrected chi connectivity index (χ3v) is 3.72. The van der Waals surface area contributed by atoms with E-state index in [9.17, 15) is 15.0 Å². The second-order valence-electron chi connectivity index (χ2n) is 5.09. The Labute approximate surface area is 145 Å². The van der Waals surface area contributed by atoms with Crippen LogP contribution >= 0.6 is 11.6 Å². The number of phenolic OH excluding ortho intramolecular Hbond substituents is 1. The number of aliphatic hydroxyl groups excluding tert-OH is 1. The quantitative estimate of drug-likeness (QED) is 0.444. The van der Waals surface area contributed by atoms with Crippen molar-refractivity contribution in [1.29, 1.82) is 0 Å². The molecule has 3 nitrogen and oxygen atoms in total. The van der Waals surface area contributed by atoms with Crippen molar-refractivity contribution in [2.24, 2.45) is 0 Å². The van der Waals surface area contributed by atoms with E-state index in [-0.39, 0.29) is 17.1 Å². The lowest BCUT2D eigenvalue weighted by Crippen LogP contribution is -1.93. The zero-order valence-electron chi connectivity index (χ0n) is 12.9. The molecule has 0 aliphatic heterocycles. The lowest BCUT2D eigenvalue weighted by atomic mass is 10.0. The fraction of sp³-hybridized carbons (Fsp3) is 0.0500. The lowest BCUT2D eigenvalue weighted by Gasteiger charge is -2.07. The van der Waals surface area contributed by atoms with Crippen LogP contribution in [0.25, 0.3) is 11.8 Å². The SMILES string of the molecule is C=CCc1cccc(C(O)=CC(=O)/C=C/c2ccccc2Cl)c1O. The summed E-state index contributed by atoms with van der Waals surface area (Å²) in [5.74, 6) is -0.776. The molecule has 0 spiro atoms. The summed E-state index contributed by atoms with van der Waals surface area (Å²) in [4.78, 5) is 12.0. The van der Waals surface area contributed by atoms with E-state index in [1.165, 1.54) is 6.08 Å². The molecule has 2 aromatic carbocycles. The largest absolute Gasteiger partial charge is 0.507 e. The van der Waals surface area contributed by atoms with Crippen molar-refractivity contribution in [1.82, 2.24) is 0 Å². The molecule has 0 bridgehead atoms. The Bertz CT molecular complexity index is 819. The molecule has 122 valence electrons. The smallest absolute Gasteiger partial charge is 0.182 e. The molecule has 24 heavy (non-hydrogen) atoms. The number of benzene rings is 2. The number of halogens is 1. The molecule has 0 radical (unpaired) electrons. The molecule has 0 unspecified atom stereocenters. The van der Waals surface area contributed by atoms with Gasteiger partial charge in [-0.05, 0) is 41.8 Å².